The van der Waals surface area contributed by atoms with Crippen LogP contribution in [0.1, 0.15) is 24.8 Å². The molecular weight excluding hydrogens is 503 g/mol. The number of carbonyl (C=O) groups is 1. The summed E-state index contributed by atoms with van der Waals surface area (Å²) in [4.78, 5) is 24.2. The molecule has 5 rings (SSSR count). The minimum Gasteiger partial charge on any atom is -0.355 e. The van der Waals surface area contributed by atoms with Crippen molar-refractivity contribution < 1.29 is 4.79 Å². The van der Waals surface area contributed by atoms with Crippen LogP contribution < -0.4 is 15.6 Å². The van der Waals surface area contributed by atoms with Crippen LogP contribution in [0.15, 0.2) is 59.0 Å². The van der Waals surface area contributed by atoms with E-state index in [2.05, 4.69) is 15.4 Å². The number of nitrogens with zero attached hydrogens (tertiary/aromatic N) is 5. The molecule has 1 aliphatic heterocycles. The maximum atomic E-state index is 12.1. The number of fused-ring (bicyclic) bond motifs is 1. The highest BCUT2D eigenvalue weighted by Gasteiger charge is 2.19. The van der Waals surface area contributed by atoms with Crippen molar-refractivity contribution in [1.29, 1.82) is 0 Å². The number of hydrogen-bond donors (Lipinski definition) is 1. The Balaban J connectivity index is 1.45. The Morgan fingerprint density at radius 2 is 1.83 bits per heavy atom. The van der Waals surface area contributed by atoms with E-state index in [0.29, 0.717) is 27.1 Å². The molecule has 2 aromatic carbocycles. The van der Waals surface area contributed by atoms with Crippen LogP contribution in [0.3, 0.4) is 0 Å². The van der Waals surface area contributed by atoms with Crippen LogP contribution in [0.5, 0.6) is 0 Å². The summed E-state index contributed by atoms with van der Waals surface area (Å²) in [5.74, 6) is 1.63. The van der Waals surface area contributed by atoms with Gasteiger partial charge in [0, 0.05) is 24.2 Å². The van der Waals surface area contributed by atoms with Gasteiger partial charge in [-0.1, -0.05) is 35.3 Å². The Hall–Kier alpha value is -3.20. The number of urea groups is 1. The van der Waals surface area contributed by atoms with Gasteiger partial charge in [0.25, 0.3) is 0 Å². The molecule has 0 unspecified atom stereocenters. The molecule has 0 aliphatic carbocycles. The van der Waals surface area contributed by atoms with E-state index in [-0.39, 0.29) is 0 Å². The number of amides is 2. The fourth-order valence-electron chi connectivity index (χ4n) is 4.04. The van der Waals surface area contributed by atoms with E-state index < -0.39 is 6.03 Å². The summed E-state index contributed by atoms with van der Waals surface area (Å²) in [5, 5.41) is 8.13. The van der Waals surface area contributed by atoms with Crippen LogP contribution in [0.25, 0.3) is 21.6 Å². The lowest BCUT2D eigenvalue weighted by atomic mass is 10.1. The zero-order chi connectivity index (χ0) is 24.4. The second-order valence-electron chi connectivity index (χ2n) is 8.14. The number of anilines is 2. The van der Waals surface area contributed by atoms with Crippen molar-refractivity contribution in [3.63, 3.8) is 0 Å². The van der Waals surface area contributed by atoms with Gasteiger partial charge in [0.1, 0.15) is 0 Å². The molecule has 0 bridgehead atoms. The molecule has 0 radical (unpaired) electrons. The Bertz CT molecular complexity index is 1400. The molecule has 0 spiro atoms. The fourth-order valence-corrected chi connectivity index (χ4v) is 5.24. The first-order valence-corrected chi connectivity index (χ1v) is 12.8. The summed E-state index contributed by atoms with van der Waals surface area (Å²) in [5.41, 5.74) is 8.44. The van der Waals surface area contributed by atoms with Crippen LogP contribution in [0.4, 0.5) is 16.3 Å². The number of nitrogens with two attached hydrogens (primary N) is 1. The number of carbonyl (C=O) groups excluding carboxylic acids is 1. The lowest BCUT2D eigenvalue weighted by Gasteiger charge is -2.28. The minimum absolute atomic E-state index is 0.350. The monoisotopic (exact) mass is 524 g/mol. The molecule has 35 heavy (non-hydrogen) atoms. The molecule has 2 aromatic heterocycles. The number of aromatic nitrogens is 2. The van der Waals surface area contributed by atoms with Gasteiger partial charge in [0.05, 0.1) is 32.2 Å². The number of thiophene rings is 1. The molecule has 7 nitrogen and oxygen atoms in total. The Labute approximate surface area is 216 Å². The number of rotatable bonds is 5. The third-order valence-electron chi connectivity index (χ3n) is 5.81. The summed E-state index contributed by atoms with van der Waals surface area (Å²) in [6.07, 6.45) is 5.05. The normalized spacial score (nSPS) is 14.1. The first-order chi connectivity index (χ1) is 17.0. The van der Waals surface area contributed by atoms with Crippen LogP contribution in [0.2, 0.25) is 10.0 Å². The molecule has 0 saturated carbocycles. The van der Waals surface area contributed by atoms with Crippen LogP contribution in [0, 0.1) is 0 Å². The molecular formula is C25H22Cl2N6OS. The van der Waals surface area contributed by atoms with Gasteiger partial charge in [0.2, 0.25) is 0 Å². The Morgan fingerprint density at radius 3 is 2.57 bits per heavy atom. The fraction of sp³-hybridized carbons (Fsp3) is 0.200. The van der Waals surface area contributed by atoms with Crippen molar-refractivity contribution >= 4 is 68.5 Å². The third kappa shape index (κ3) is 4.96. The van der Waals surface area contributed by atoms with Crippen LogP contribution in [-0.2, 0) is 0 Å². The molecule has 1 aliphatic rings. The summed E-state index contributed by atoms with van der Waals surface area (Å²) < 4.78 is 1.11. The third-order valence-corrected chi connectivity index (χ3v) is 7.55. The summed E-state index contributed by atoms with van der Waals surface area (Å²) in [6, 6.07) is 13.7. The zero-order valence-corrected chi connectivity index (χ0v) is 21.0. The van der Waals surface area contributed by atoms with E-state index in [4.69, 9.17) is 38.9 Å². The molecule has 3 heterocycles. The molecule has 178 valence electrons. The first-order valence-electron chi connectivity index (χ1n) is 11.2. The van der Waals surface area contributed by atoms with E-state index in [0.717, 1.165) is 39.7 Å². The number of piperidine rings is 1. The van der Waals surface area contributed by atoms with E-state index >= 15 is 0 Å². The van der Waals surface area contributed by atoms with E-state index in [9.17, 15) is 4.79 Å². The quantitative estimate of drug-likeness (QED) is 0.236. The lowest BCUT2D eigenvalue weighted by Crippen LogP contribution is -2.31. The Morgan fingerprint density at radius 1 is 1.06 bits per heavy atom. The van der Waals surface area contributed by atoms with Gasteiger partial charge in [-0.2, -0.15) is 10.1 Å². The van der Waals surface area contributed by atoms with Crippen molar-refractivity contribution in [2.45, 2.75) is 19.3 Å². The smallest absolute Gasteiger partial charge is 0.340 e. The number of hydrogen-bond acceptors (Lipinski definition) is 6. The lowest BCUT2D eigenvalue weighted by molar-refractivity contribution is 0.254. The predicted octanol–water partition coefficient (Wildman–Crippen LogP) is 6.57. The molecule has 4 aromatic rings. The number of hydrazone groups is 1. The van der Waals surface area contributed by atoms with Crippen molar-refractivity contribution in [3.8, 4) is 11.4 Å². The largest absolute Gasteiger partial charge is 0.355 e. The van der Waals surface area contributed by atoms with E-state index in [1.807, 2.05) is 18.2 Å². The van der Waals surface area contributed by atoms with Crippen molar-refractivity contribution in [2.75, 3.05) is 23.0 Å². The van der Waals surface area contributed by atoms with Gasteiger partial charge in [0.15, 0.2) is 11.6 Å². The molecule has 2 amide bonds. The zero-order valence-electron chi connectivity index (χ0n) is 18.7. The van der Waals surface area contributed by atoms with E-state index in [1.165, 1.54) is 25.5 Å². The first kappa shape index (κ1) is 23.5. The highest BCUT2D eigenvalue weighted by Crippen LogP contribution is 2.33. The summed E-state index contributed by atoms with van der Waals surface area (Å²) in [6.45, 7) is 2.01. The second kappa shape index (κ2) is 10.2. The highest BCUT2D eigenvalue weighted by atomic mass is 35.5. The molecule has 1 fully saturated rings. The maximum absolute atomic E-state index is 12.1. The highest BCUT2D eigenvalue weighted by molar-refractivity contribution is 7.17. The summed E-state index contributed by atoms with van der Waals surface area (Å²) >= 11 is 13.9. The number of primary amides is 1. The minimum atomic E-state index is -0.726. The van der Waals surface area contributed by atoms with Gasteiger partial charge >= 0.3 is 6.03 Å². The molecule has 10 heteroatoms. The van der Waals surface area contributed by atoms with Crippen molar-refractivity contribution in [1.82, 2.24) is 9.97 Å². The van der Waals surface area contributed by atoms with Gasteiger partial charge in [-0.15, -0.1) is 11.3 Å². The summed E-state index contributed by atoms with van der Waals surface area (Å²) in [7, 11) is 0. The molecule has 1 saturated heterocycles. The predicted molar refractivity (Wildman–Crippen MR) is 145 cm³/mol. The number of benzene rings is 2. The average Bonchev–Trinajstić information content (AvgIpc) is 3.36. The van der Waals surface area contributed by atoms with Gasteiger partial charge in [-0.3, -0.25) is 0 Å². The molecule has 2 N–H and O–H groups in total. The standard InChI is InChI=1S/C25H22Cl2N6OS/c26-19-6-4-5-17(21(19)27)15-29-33(25(28)34)18-9-7-16(8-10-18)23-30-20-11-14-35-22(20)24(31-23)32-12-2-1-3-13-32/h4-11,14-15H,1-3,12-13H2,(H2,28,34)/b29-15+. The Kier molecular flexibility index (Phi) is 6.86. The SMILES string of the molecule is NC(=O)N(/N=C/c1cccc(Cl)c1Cl)c1ccc(-c2nc(N3CCCCC3)c3sccc3n2)cc1. The molecule has 0 atom stereocenters. The van der Waals surface area contributed by atoms with Crippen molar-refractivity contribution in [2.24, 2.45) is 10.8 Å². The van der Waals surface area contributed by atoms with Gasteiger partial charge in [-0.05, 0) is 61.0 Å². The maximum Gasteiger partial charge on any atom is 0.340 e. The van der Waals surface area contributed by atoms with Gasteiger partial charge in [-0.25, -0.2) is 14.8 Å². The average molecular weight is 525 g/mol. The second-order valence-corrected chi connectivity index (χ2v) is 9.84. The van der Waals surface area contributed by atoms with E-state index in [1.54, 1.807) is 41.7 Å². The number of halogens is 2. The van der Waals surface area contributed by atoms with Crippen molar-refractivity contribution in [3.05, 3.63) is 69.5 Å². The topological polar surface area (TPSA) is 87.7 Å². The van der Waals surface area contributed by atoms with Gasteiger partial charge < -0.3 is 10.6 Å². The van der Waals surface area contributed by atoms with Crippen LogP contribution in [-0.4, -0.2) is 35.3 Å². The van der Waals surface area contributed by atoms with Crippen LogP contribution >= 0.6 is 34.5 Å².